The van der Waals surface area contributed by atoms with Crippen molar-refractivity contribution in [3.05, 3.63) is 24.5 Å². The molecule has 0 aliphatic heterocycles. The highest BCUT2D eigenvalue weighted by Crippen LogP contribution is 2.01. The maximum Gasteiger partial charge on any atom is 0.239 e. The SMILES string of the molecule is O=C(CCl)Nc1cccnc1. The number of aromatic nitrogens is 1. The largest absolute Gasteiger partial charge is 0.324 e. The Balaban J connectivity index is 2.58. The standard InChI is InChI=1S/C7H7ClN2O/c8-4-7(11)10-6-2-1-3-9-5-6/h1-3,5H,4H2,(H,10,11). The van der Waals surface area contributed by atoms with E-state index in [0.717, 1.165) is 0 Å². The molecule has 1 rings (SSSR count). The van der Waals surface area contributed by atoms with Crippen LogP contribution in [0.4, 0.5) is 5.69 Å². The molecule has 0 bridgehead atoms. The van der Waals surface area contributed by atoms with E-state index in [-0.39, 0.29) is 11.8 Å². The molecule has 1 aromatic rings. The highest BCUT2D eigenvalue weighted by atomic mass is 35.5. The zero-order valence-electron chi connectivity index (χ0n) is 5.75. The minimum absolute atomic E-state index is 0.0328. The lowest BCUT2D eigenvalue weighted by Crippen LogP contribution is -2.12. The maximum absolute atomic E-state index is 10.7. The Kier molecular flexibility index (Phi) is 2.86. The molecular weight excluding hydrogens is 164 g/mol. The molecule has 0 fully saturated rings. The van der Waals surface area contributed by atoms with Crippen LogP contribution in [0.25, 0.3) is 0 Å². The van der Waals surface area contributed by atoms with Crippen molar-refractivity contribution in [2.24, 2.45) is 0 Å². The number of nitrogens with one attached hydrogen (secondary N) is 1. The van der Waals surface area contributed by atoms with Gasteiger partial charge in [0.15, 0.2) is 0 Å². The van der Waals surface area contributed by atoms with Gasteiger partial charge in [0, 0.05) is 6.20 Å². The normalized spacial score (nSPS) is 9.18. The van der Waals surface area contributed by atoms with E-state index in [1.807, 2.05) is 0 Å². The second-order valence-electron chi connectivity index (χ2n) is 1.92. The first-order valence-electron chi connectivity index (χ1n) is 3.09. The van der Waals surface area contributed by atoms with Gasteiger partial charge in [0.05, 0.1) is 11.9 Å². The Labute approximate surface area is 69.4 Å². The highest BCUT2D eigenvalue weighted by Gasteiger charge is 1.97. The van der Waals surface area contributed by atoms with Gasteiger partial charge in [0.25, 0.3) is 0 Å². The summed E-state index contributed by atoms with van der Waals surface area (Å²) in [6.07, 6.45) is 3.20. The molecule has 1 aromatic heterocycles. The van der Waals surface area contributed by atoms with Crippen LogP contribution < -0.4 is 5.32 Å². The first kappa shape index (κ1) is 8.01. The molecular formula is C7H7ClN2O. The average molecular weight is 171 g/mol. The summed E-state index contributed by atoms with van der Waals surface area (Å²) in [6, 6.07) is 3.49. The second-order valence-corrected chi connectivity index (χ2v) is 2.19. The van der Waals surface area contributed by atoms with Gasteiger partial charge in [-0.2, -0.15) is 0 Å². The fourth-order valence-electron chi connectivity index (χ4n) is 0.631. The third-order valence-electron chi connectivity index (χ3n) is 1.07. The van der Waals surface area contributed by atoms with Crippen molar-refractivity contribution in [1.82, 2.24) is 4.98 Å². The third kappa shape index (κ3) is 2.55. The topological polar surface area (TPSA) is 42.0 Å². The van der Waals surface area contributed by atoms with Crippen molar-refractivity contribution < 1.29 is 4.79 Å². The Morgan fingerprint density at radius 1 is 1.73 bits per heavy atom. The molecule has 1 N–H and O–H groups in total. The number of anilines is 1. The highest BCUT2D eigenvalue weighted by molar-refractivity contribution is 6.29. The number of nitrogens with zero attached hydrogens (tertiary/aromatic N) is 1. The predicted molar refractivity (Wildman–Crippen MR) is 43.6 cm³/mol. The van der Waals surface area contributed by atoms with E-state index in [2.05, 4.69) is 10.3 Å². The van der Waals surface area contributed by atoms with E-state index < -0.39 is 0 Å². The molecule has 4 heteroatoms. The number of hydrogen-bond acceptors (Lipinski definition) is 2. The van der Waals surface area contributed by atoms with Crippen molar-refractivity contribution in [2.45, 2.75) is 0 Å². The van der Waals surface area contributed by atoms with E-state index in [0.29, 0.717) is 5.69 Å². The van der Waals surface area contributed by atoms with E-state index >= 15 is 0 Å². The molecule has 0 spiro atoms. The maximum atomic E-state index is 10.7. The van der Waals surface area contributed by atoms with Gasteiger partial charge in [-0.05, 0) is 12.1 Å². The molecule has 1 amide bonds. The Morgan fingerprint density at radius 3 is 3.09 bits per heavy atom. The first-order valence-corrected chi connectivity index (χ1v) is 3.62. The molecule has 0 radical (unpaired) electrons. The van der Waals surface area contributed by atoms with Crippen LogP contribution >= 0.6 is 11.6 Å². The van der Waals surface area contributed by atoms with Gasteiger partial charge in [-0.3, -0.25) is 9.78 Å². The summed E-state index contributed by atoms with van der Waals surface area (Å²) < 4.78 is 0. The number of rotatable bonds is 2. The molecule has 1 heterocycles. The van der Waals surface area contributed by atoms with Gasteiger partial charge < -0.3 is 5.32 Å². The van der Waals surface area contributed by atoms with Crippen molar-refractivity contribution in [1.29, 1.82) is 0 Å². The summed E-state index contributed by atoms with van der Waals surface area (Å²) in [5, 5.41) is 2.56. The number of hydrogen-bond donors (Lipinski definition) is 1. The van der Waals surface area contributed by atoms with Crippen LogP contribution in [0, 0.1) is 0 Å². The zero-order valence-corrected chi connectivity index (χ0v) is 6.51. The lowest BCUT2D eigenvalue weighted by molar-refractivity contribution is -0.113. The third-order valence-corrected chi connectivity index (χ3v) is 1.31. The van der Waals surface area contributed by atoms with Crippen LogP contribution in [0.1, 0.15) is 0 Å². The van der Waals surface area contributed by atoms with Gasteiger partial charge in [-0.25, -0.2) is 0 Å². The Bertz CT molecular complexity index is 237. The van der Waals surface area contributed by atoms with Crippen molar-refractivity contribution >= 4 is 23.2 Å². The van der Waals surface area contributed by atoms with Crippen molar-refractivity contribution in [2.75, 3.05) is 11.2 Å². The molecule has 0 saturated heterocycles. The quantitative estimate of drug-likeness (QED) is 0.679. The Morgan fingerprint density at radius 2 is 2.55 bits per heavy atom. The van der Waals surface area contributed by atoms with Crippen LogP contribution in [0.15, 0.2) is 24.5 Å². The Hall–Kier alpha value is -1.09. The fraction of sp³-hybridized carbons (Fsp3) is 0.143. The number of carbonyl (C=O) groups is 1. The van der Waals surface area contributed by atoms with Crippen LogP contribution in [0.2, 0.25) is 0 Å². The lowest BCUT2D eigenvalue weighted by Gasteiger charge is -1.99. The molecule has 11 heavy (non-hydrogen) atoms. The van der Waals surface area contributed by atoms with E-state index in [1.54, 1.807) is 24.5 Å². The van der Waals surface area contributed by atoms with Gasteiger partial charge in [-0.15, -0.1) is 11.6 Å². The lowest BCUT2D eigenvalue weighted by atomic mass is 10.4. The van der Waals surface area contributed by atoms with E-state index in [1.165, 1.54) is 0 Å². The summed E-state index contributed by atoms with van der Waals surface area (Å²) >= 11 is 5.27. The molecule has 0 unspecified atom stereocenters. The monoisotopic (exact) mass is 170 g/mol. The number of carbonyl (C=O) groups excluding carboxylic acids is 1. The number of pyridine rings is 1. The number of amides is 1. The molecule has 0 aromatic carbocycles. The van der Waals surface area contributed by atoms with Crippen molar-refractivity contribution in [3.8, 4) is 0 Å². The van der Waals surface area contributed by atoms with E-state index in [4.69, 9.17) is 11.6 Å². The minimum atomic E-state index is -0.223. The first-order chi connectivity index (χ1) is 5.33. The smallest absolute Gasteiger partial charge is 0.239 e. The molecule has 0 saturated carbocycles. The summed E-state index contributed by atoms with van der Waals surface area (Å²) in [5.41, 5.74) is 0.665. The summed E-state index contributed by atoms with van der Waals surface area (Å²) in [7, 11) is 0. The molecule has 58 valence electrons. The molecule has 3 nitrogen and oxygen atoms in total. The summed E-state index contributed by atoms with van der Waals surface area (Å²) in [4.78, 5) is 14.5. The molecule has 0 aliphatic rings. The zero-order chi connectivity index (χ0) is 8.10. The van der Waals surface area contributed by atoms with Gasteiger partial charge in [0.1, 0.15) is 5.88 Å². The van der Waals surface area contributed by atoms with Crippen molar-refractivity contribution in [3.63, 3.8) is 0 Å². The fourth-order valence-corrected chi connectivity index (χ4v) is 0.698. The van der Waals surface area contributed by atoms with Gasteiger partial charge in [0.2, 0.25) is 5.91 Å². The number of alkyl halides is 1. The van der Waals surface area contributed by atoms with E-state index in [9.17, 15) is 4.79 Å². The van der Waals surface area contributed by atoms with Crippen LogP contribution in [0.5, 0.6) is 0 Å². The van der Waals surface area contributed by atoms with Gasteiger partial charge >= 0.3 is 0 Å². The number of halogens is 1. The average Bonchev–Trinajstić information content (AvgIpc) is 2.06. The minimum Gasteiger partial charge on any atom is -0.324 e. The summed E-state index contributed by atoms with van der Waals surface area (Å²) in [6.45, 7) is 0. The van der Waals surface area contributed by atoms with Crippen LogP contribution in [-0.4, -0.2) is 16.8 Å². The predicted octanol–water partition coefficient (Wildman–Crippen LogP) is 1.26. The molecule has 0 aliphatic carbocycles. The van der Waals surface area contributed by atoms with Crippen LogP contribution in [-0.2, 0) is 4.79 Å². The molecule has 0 atom stereocenters. The summed E-state index contributed by atoms with van der Waals surface area (Å²) in [5.74, 6) is -0.255. The van der Waals surface area contributed by atoms with Crippen LogP contribution in [0.3, 0.4) is 0 Å². The second kappa shape index (κ2) is 3.93. The van der Waals surface area contributed by atoms with Gasteiger partial charge in [-0.1, -0.05) is 0 Å².